The van der Waals surface area contributed by atoms with Gasteiger partial charge in [0.1, 0.15) is 12.7 Å². The van der Waals surface area contributed by atoms with Gasteiger partial charge < -0.3 is 14.8 Å². The van der Waals surface area contributed by atoms with Gasteiger partial charge in [0, 0.05) is 12.4 Å². The van der Waals surface area contributed by atoms with Crippen LogP contribution < -0.4 is 20.3 Å². The number of hydrogen-bond acceptors (Lipinski definition) is 5. The highest BCUT2D eigenvalue weighted by molar-refractivity contribution is 5.88. The lowest BCUT2D eigenvalue weighted by Crippen LogP contribution is -2.41. The molecule has 3 aromatic rings. The van der Waals surface area contributed by atoms with E-state index < -0.39 is 0 Å². The molecule has 7 heteroatoms. The molecule has 1 aliphatic heterocycles. The Labute approximate surface area is 155 Å². The number of ether oxygens (including phenoxy) is 2. The zero-order valence-electron chi connectivity index (χ0n) is 14.8. The molecule has 1 atom stereocenters. The minimum absolute atomic E-state index is 0.0821. The number of nitrogens with one attached hydrogen (secondary N) is 1. The number of benzene rings is 2. The van der Waals surface area contributed by atoms with Crippen molar-refractivity contribution >= 4 is 16.7 Å². The standard InChI is InChI=1S/C20H19N3O4/c1-23-20(25)15-7-3-2-6-14(15)16(22-23)10-19(24)21-11-13-12-26-17-8-4-5-9-18(17)27-13/h2-9,13H,10-12H2,1H3,(H,21,24)/t13-/m1/s1. The summed E-state index contributed by atoms with van der Waals surface area (Å²) in [5, 5.41) is 8.36. The lowest BCUT2D eigenvalue weighted by Gasteiger charge is -2.26. The van der Waals surface area contributed by atoms with Gasteiger partial charge in [-0.3, -0.25) is 9.59 Å². The summed E-state index contributed by atoms with van der Waals surface area (Å²) in [5.41, 5.74) is 0.387. The van der Waals surface area contributed by atoms with Crippen LogP contribution in [0.4, 0.5) is 0 Å². The van der Waals surface area contributed by atoms with E-state index >= 15 is 0 Å². The molecule has 1 aliphatic rings. The molecule has 2 aromatic carbocycles. The highest BCUT2D eigenvalue weighted by Crippen LogP contribution is 2.30. The van der Waals surface area contributed by atoms with Crippen LogP contribution in [0.1, 0.15) is 5.69 Å². The Morgan fingerprint density at radius 2 is 1.85 bits per heavy atom. The van der Waals surface area contributed by atoms with Crippen molar-refractivity contribution in [3.63, 3.8) is 0 Å². The SMILES string of the molecule is Cn1nc(CC(=O)NC[C@@H]2COc3ccccc3O2)c2ccccc2c1=O. The number of amides is 1. The lowest BCUT2D eigenvalue weighted by molar-refractivity contribution is -0.121. The van der Waals surface area contributed by atoms with E-state index in [2.05, 4.69) is 10.4 Å². The molecule has 27 heavy (non-hydrogen) atoms. The first-order valence-electron chi connectivity index (χ1n) is 8.72. The number of aromatic nitrogens is 2. The highest BCUT2D eigenvalue weighted by Gasteiger charge is 2.21. The summed E-state index contributed by atoms with van der Waals surface area (Å²) < 4.78 is 12.7. The maximum absolute atomic E-state index is 12.4. The van der Waals surface area contributed by atoms with Gasteiger partial charge in [-0.15, -0.1) is 0 Å². The molecule has 0 radical (unpaired) electrons. The zero-order chi connectivity index (χ0) is 18.8. The summed E-state index contributed by atoms with van der Waals surface area (Å²) in [6.07, 6.45) is -0.174. The Morgan fingerprint density at radius 3 is 2.67 bits per heavy atom. The van der Waals surface area contributed by atoms with Crippen molar-refractivity contribution in [1.82, 2.24) is 15.1 Å². The molecular weight excluding hydrogens is 346 g/mol. The maximum Gasteiger partial charge on any atom is 0.274 e. The Bertz CT molecular complexity index is 1060. The molecule has 4 rings (SSSR count). The molecule has 138 valence electrons. The number of fused-ring (bicyclic) bond motifs is 2. The van der Waals surface area contributed by atoms with Crippen molar-refractivity contribution < 1.29 is 14.3 Å². The Hall–Kier alpha value is -3.35. The number of carbonyl (C=O) groups excluding carboxylic acids is 1. The molecule has 1 amide bonds. The van der Waals surface area contributed by atoms with Crippen molar-refractivity contribution in [3.05, 3.63) is 64.6 Å². The van der Waals surface area contributed by atoms with Crippen LogP contribution in [-0.4, -0.2) is 34.9 Å². The van der Waals surface area contributed by atoms with Crippen LogP contribution in [0.15, 0.2) is 53.3 Å². The van der Waals surface area contributed by atoms with Gasteiger partial charge in [0.05, 0.1) is 24.0 Å². The molecule has 1 aromatic heterocycles. The zero-order valence-corrected chi connectivity index (χ0v) is 14.8. The van der Waals surface area contributed by atoms with E-state index in [4.69, 9.17) is 9.47 Å². The second-order valence-corrected chi connectivity index (χ2v) is 6.40. The molecule has 0 bridgehead atoms. The molecule has 0 fully saturated rings. The predicted octanol–water partition coefficient (Wildman–Crippen LogP) is 1.43. The van der Waals surface area contributed by atoms with E-state index in [1.54, 1.807) is 25.2 Å². The average molecular weight is 365 g/mol. The quantitative estimate of drug-likeness (QED) is 0.756. The predicted molar refractivity (Wildman–Crippen MR) is 100 cm³/mol. The van der Waals surface area contributed by atoms with E-state index in [0.717, 1.165) is 0 Å². The van der Waals surface area contributed by atoms with E-state index in [9.17, 15) is 9.59 Å². The number of carbonyl (C=O) groups is 1. The minimum atomic E-state index is -0.256. The number of para-hydroxylation sites is 2. The van der Waals surface area contributed by atoms with E-state index in [1.807, 2.05) is 30.3 Å². The third-order valence-corrected chi connectivity index (χ3v) is 4.46. The summed E-state index contributed by atoms with van der Waals surface area (Å²) in [7, 11) is 1.58. The van der Waals surface area contributed by atoms with Gasteiger partial charge in [0.25, 0.3) is 5.56 Å². The first-order chi connectivity index (χ1) is 13.1. The molecule has 0 aliphatic carbocycles. The van der Waals surface area contributed by atoms with Crippen LogP contribution in [0.25, 0.3) is 10.8 Å². The molecule has 0 spiro atoms. The Morgan fingerprint density at radius 1 is 1.15 bits per heavy atom. The van der Waals surface area contributed by atoms with E-state index in [0.29, 0.717) is 41.1 Å². The van der Waals surface area contributed by atoms with Gasteiger partial charge >= 0.3 is 0 Å². The normalized spacial score (nSPS) is 15.5. The van der Waals surface area contributed by atoms with Crippen LogP contribution in [0.3, 0.4) is 0 Å². The largest absolute Gasteiger partial charge is 0.486 e. The van der Waals surface area contributed by atoms with Gasteiger partial charge in [-0.2, -0.15) is 5.10 Å². The topological polar surface area (TPSA) is 82.5 Å². The fraction of sp³-hybridized carbons (Fsp3) is 0.250. The fourth-order valence-corrected chi connectivity index (χ4v) is 3.11. The van der Waals surface area contributed by atoms with Gasteiger partial charge in [0.2, 0.25) is 5.91 Å². The van der Waals surface area contributed by atoms with Crippen molar-refractivity contribution in [2.75, 3.05) is 13.2 Å². The summed E-state index contributed by atoms with van der Waals surface area (Å²) in [6, 6.07) is 14.6. The maximum atomic E-state index is 12.4. The van der Waals surface area contributed by atoms with Crippen LogP contribution in [-0.2, 0) is 18.3 Å². The van der Waals surface area contributed by atoms with Gasteiger partial charge in [-0.25, -0.2) is 4.68 Å². The molecule has 7 nitrogen and oxygen atoms in total. The van der Waals surface area contributed by atoms with Gasteiger partial charge in [-0.05, 0) is 18.2 Å². The number of rotatable bonds is 4. The first kappa shape index (κ1) is 17.1. The van der Waals surface area contributed by atoms with Crippen molar-refractivity contribution in [2.45, 2.75) is 12.5 Å². The molecule has 2 heterocycles. The van der Waals surface area contributed by atoms with Crippen LogP contribution in [0, 0.1) is 0 Å². The first-order valence-corrected chi connectivity index (χ1v) is 8.72. The van der Waals surface area contributed by atoms with Crippen LogP contribution >= 0.6 is 0 Å². The second-order valence-electron chi connectivity index (χ2n) is 6.40. The number of hydrogen-bond donors (Lipinski definition) is 1. The smallest absolute Gasteiger partial charge is 0.274 e. The highest BCUT2D eigenvalue weighted by atomic mass is 16.6. The minimum Gasteiger partial charge on any atom is -0.486 e. The van der Waals surface area contributed by atoms with Crippen LogP contribution in [0.2, 0.25) is 0 Å². The van der Waals surface area contributed by atoms with Crippen molar-refractivity contribution in [1.29, 1.82) is 0 Å². The van der Waals surface area contributed by atoms with Crippen molar-refractivity contribution in [2.24, 2.45) is 7.05 Å². The Kier molecular flexibility index (Phi) is 4.50. The van der Waals surface area contributed by atoms with Gasteiger partial charge in [0.15, 0.2) is 11.5 Å². The summed E-state index contributed by atoms with van der Waals surface area (Å²) in [4.78, 5) is 24.6. The Balaban J connectivity index is 1.43. The third-order valence-electron chi connectivity index (χ3n) is 4.46. The number of nitrogens with zero attached hydrogens (tertiary/aromatic N) is 2. The molecule has 1 N–H and O–H groups in total. The third kappa shape index (κ3) is 3.48. The summed E-state index contributed by atoms with van der Waals surface area (Å²) in [6.45, 7) is 0.704. The molecule has 0 unspecified atom stereocenters. The summed E-state index contributed by atoms with van der Waals surface area (Å²) in [5.74, 6) is 1.20. The lowest BCUT2D eigenvalue weighted by atomic mass is 10.1. The second kappa shape index (κ2) is 7.11. The van der Waals surface area contributed by atoms with Gasteiger partial charge in [-0.1, -0.05) is 30.3 Å². The monoisotopic (exact) mass is 365 g/mol. The number of aryl methyl sites for hydroxylation is 1. The van der Waals surface area contributed by atoms with Crippen LogP contribution in [0.5, 0.6) is 11.5 Å². The molecule has 0 saturated carbocycles. The van der Waals surface area contributed by atoms with E-state index in [-0.39, 0.29) is 24.0 Å². The van der Waals surface area contributed by atoms with E-state index in [1.165, 1.54) is 4.68 Å². The molecule has 0 saturated heterocycles. The molecular formula is C20H19N3O4. The van der Waals surface area contributed by atoms with Crippen molar-refractivity contribution in [3.8, 4) is 11.5 Å². The summed E-state index contributed by atoms with van der Waals surface area (Å²) >= 11 is 0. The fourth-order valence-electron chi connectivity index (χ4n) is 3.11. The average Bonchev–Trinajstić information content (AvgIpc) is 2.70.